The van der Waals surface area contributed by atoms with Crippen LogP contribution in [-0.2, 0) is 11.3 Å². The third kappa shape index (κ3) is 4.96. The van der Waals surface area contributed by atoms with E-state index in [1.54, 1.807) is 42.6 Å². The molecule has 0 aliphatic carbocycles. The number of pyridine rings is 1. The van der Waals surface area contributed by atoms with Gasteiger partial charge in [-0.2, -0.15) is 0 Å². The molecule has 0 spiro atoms. The number of benzene rings is 1. The van der Waals surface area contributed by atoms with E-state index < -0.39 is 0 Å². The highest BCUT2D eigenvalue weighted by Crippen LogP contribution is 2.14. The van der Waals surface area contributed by atoms with Crippen molar-refractivity contribution in [3.05, 3.63) is 64.0 Å². The normalized spacial score (nSPS) is 10.1. The van der Waals surface area contributed by atoms with E-state index in [-0.39, 0.29) is 18.0 Å². The van der Waals surface area contributed by atoms with Crippen molar-refractivity contribution in [1.82, 2.24) is 9.88 Å². The third-order valence-electron chi connectivity index (χ3n) is 2.72. The van der Waals surface area contributed by atoms with E-state index in [4.69, 9.17) is 16.3 Å². The molecule has 1 aromatic carbocycles. The van der Waals surface area contributed by atoms with Gasteiger partial charge >= 0.3 is 0 Å². The number of aromatic nitrogens is 1. The fourth-order valence-corrected chi connectivity index (χ4v) is 1.82. The minimum atomic E-state index is -0.233. The number of halogens is 1. The molecule has 0 radical (unpaired) electrons. The number of nitrogens with zero attached hydrogens (tertiary/aromatic N) is 1. The van der Waals surface area contributed by atoms with Gasteiger partial charge in [0.2, 0.25) is 5.91 Å². The van der Waals surface area contributed by atoms with Gasteiger partial charge in [0, 0.05) is 17.3 Å². The molecule has 1 aromatic heterocycles. The molecule has 0 saturated carbocycles. The van der Waals surface area contributed by atoms with Gasteiger partial charge in [-0.15, -0.1) is 0 Å². The molecule has 1 heterocycles. The molecule has 0 bridgehead atoms. The van der Waals surface area contributed by atoms with Gasteiger partial charge in [-0.05, 0) is 30.3 Å². The molecule has 0 aliphatic rings. The molecule has 0 aliphatic heterocycles. The Bertz CT molecular complexity index is 652. The second kappa shape index (κ2) is 7.50. The van der Waals surface area contributed by atoms with Gasteiger partial charge in [0.1, 0.15) is 18.9 Å². The zero-order valence-corrected chi connectivity index (χ0v) is 12.0. The molecule has 0 unspecified atom stereocenters. The number of carbonyl (C=O) groups is 1. The van der Waals surface area contributed by atoms with Crippen LogP contribution in [0.3, 0.4) is 0 Å². The SMILES string of the molecule is O=C(Cn1ccccc1=O)NCCOc1ccc(Cl)cc1. The molecule has 0 saturated heterocycles. The number of hydrogen-bond donors (Lipinski definition) is 1. The molecule has 2 aromatic rings. The Labute approximate surface area is 127 Å². The smallest absolute Gasteiger partial charge is 0.250 e. The molecule has 5 nitrogen and oxygen atoms in total. The van der Waals surface area contributed by atoms with Crippen molar-refractivity contribution >= 4 is 17.5 Å². The van der Waals surface area contributed by atoms with Gasteiger partial charge in [-0.25, -0.2) is 0 Å². The molecule has 0 fully saturated rings. The summed E-state index contributed by atoms with van der Waals surface area (Å²) in [5.74, 6) is 0.455. The maximum Gasteiger partial charge on any atom is 0.250 e. The van der Waals surface area contributed by atoms with Crippen molar-refractivity contribution in [1.29, 1.82) is 0 Å². The Morgan fingerprint density at radius 3 is 2.67 bits per heavy atom. The molecular weight excluding hydrogens is 292 g/mol. The number of amides is 1. The fraction of sp³-hybridized carbons (Fsp3) is 0.200. The highest BCUT2D eigenvalue weighted by atomic mass is 35.5. The van der Waals surface area contributed by atoms with E-state index in [2.05, 4.69) is 5.32 Å². The minimum Gasteiger partial charge on any atom is -0.492 e. The summed E-state index contributed by atoms with van der Waals surface area (Å²) in [7, 11) is 0. The van der Waals surface area contributed by atoms with Crippen LogP contribution in [0.15, 0.2) is 53.5 Å². The molecule has 6 heteroatoms. The number of hydrogen-bond acceptors (Lipinski definition) is 3. The van der Waals surface area contributed by atoms with Crippen molar-refractivity contribution in [3.8, 4) is 5.75 Å². The number of carbonyl (C=O) groups excluding carboxylic acids is 1. The van der Waals surface area contributed by atoms with Crippen LogP contribution in [-0.4, -0.2) is 23.6 Å². The lowest BCUT2D eigenvalue weighted by Crippen LogP contribution is -2.34. The zero-order chi connectivity index (χ0) is 15.1. The minimum absolute atomic E-state index is 0.000613. The largest absolute Gasteiger partial charge is 0.492 e. The van der Waals surface area contributed by atoms with Gasteiger partial charge in [-0.1, -0.05) is 17.7 Å². The van der Waals surface area contributed by atoms with Gasteiger partial charge in [-0.3, -0.25) is 9.59 Å². The average molecular weight is 307 g/mol. The Morgan fingerprint density at radius 2 is 1.95 bits per heavy atom. The quantitative estimate of drug-likeness (QED) is 0.826. The monoisotopic (exact) mass is 306 g/mol. The number of rotatable bonds is 6. The Kier molecular flexibility index (Phi) is 5.40. The zero-order valence-electron chi connectivity index (χ0n) is 11.3. The maximum absolute atomic E-state index is 11.7. The summed E-state index contributed by atoms with van der Waals surface area (Å²) in [5, 5.41) is 3.33. The van der Waals surface area contributed by atoms with Crippen molar-refractivity contribution in [2.45, 2.75) is 6.54 Å². The standard InChI is InChI=1S/C15H15ClN2O3/c16-12-4-6-13(7-5-12)21-10-8-17-14(19)11-18-9-2-1-3-15(18)20/h1-7,9H,8,10-11H2,(H,17,19). The first-order valence-electron chi connectivity index (χ1n) is 6.46. The average Bonchev–Trinajstić information content (AvgIpc) is 2.48. The first-order chi connectivity index (χ1) is 10.1. The summed E-state index contributed by atoms with van der Waals surface area (Å²) >= 11 is 5.76. The van der Waals surface area contributed by atoms with E-state index in [9.17, 15) is 9.59 Å². The van der Waals surface area contributed by atoms with Crippen LogP contribution in [0.4, 0.5) is 0 Å². The Hall–Kier alpha value is -2.27. The van der Waals surface area contributed by atoms with Crippen LogP contribution in [0.25, 0.3) is 0 Å². The van der Waals surface area contributed by atoms with E-state index in [0.29, 0.717) is 23.9 Å². The second-order valence-electron chi connectivity index (χ2n) is 4.32. The van der Waals surface area contributed by atoms with Crippen molar-refractivity contribution < 1.29 is 9.53 Å². The predicted octanol–water partition coefficient (Wildman–Crippen LogP) is 1.70. The van der Waals surface area contributed by atoms with Gasteiger partial charge < -0.3 is 14.6 Å². The maximum atomic E-state index is 11.7. The van der Waals surface area contributed by atoms with Crippen LogP contribution in [0.5, 0.6) is 5.75 Å². The second-order valence-corrected chi connectivity index (χ2v) is 4.76. The number of ether oxygens (including phenoxy) is 1. The van der Waals surface area contributed by atoms with Crippen molar-refractivity contribution in [2.24, 2.45) is 0 Å². The van der Waals surface area contributed by atoms with E-state index >= 15 is 0 Å². The molecule has 1 N–H and O–H groups in total. The van der Waals surface area contributed by atoms with Gasteiger partial charge in [0.25, 0.3) is 5.56 Å². The summed E-state index contributed by atoms with van der Waals surface area (Å²) in [4.78, 5) is 23.1. The van der Waals surface area contributed by atoms with Crippen LogP contribution in [0.1, 0.15) is 0 Å². The molecule has 2 rings (SSSR count). The number of nitrogens with one attached hydrogen (secondary N) is 1. The molecule has 110 valence electrons. The van der Waals surface area contributed by atoms with Crippen LogP contribution in [0, 0.1) is 0 Å². The molecular formula is C15H15ClN2O3. The summed E-state index contributed by atoms with van der Waals surface area (Å²) in [6, 6.07) is 11.7. The lowest BCUT2D eigenvalue weighted by molar-refractivity contribution is -0.121. The van der Waals surface area contributed by atoms with E-state index in [1.807, 2.05) is 0 Å². The lowest BCUT2D eigenvalue weighted by Gasteiger charge is -2.08. The highest BCUT2D eigenvalue weighted by molar-refractivity contribution is 6.30. The van der Waals surface area contributed by atoms with E-state index in [1.165, 1.54) is 10.6 Å². The van der Waals surface area contributed by atoms with Crippen molar-refractivity contribution in [2.75, 3.05) is 13.2 Å². The Balaban J connectivity index is 1.71. The summed E-state index contributed by atoms with van der Waals surface area (Å²) in [6.07, 6.45) is 1.58. The van der Waals surface area contributed by atoms with Gasteiger partial charge in [0.15, 0.2) is 0 Å². The summed E-state index contributed by atoms with van der Waals surface area (Å²) in [6.45, 7) is 0.709. The molecule has 21 heavy (non-hydrogen) atoms. The van der Waals surface area contributed by atoms with Crippen LogP contribution < -0.4 is 15.6 Å². The Morgan fingerprint density at radius 1 is 1.19 bits per heavy atom. The lowest BCUT2D eigenvalue weighted by atomic mass is 10.3. The van der Waals surface area contributed by atoms with Gasteiger partial charge in [0.05, 0.1) is 6.54 Å². The van der Waals surface area contributed by atoms with Crippen LogP contribution >= 0.6 is 11.6 Å². The van der Waals surface area contributed by atoms with Crippen molar-refractivity contribution in [3.63, 3.8) is 0 Å². The topological polar surface area (TPSA) is 60.3 Å². The third-order valence-corrected chi connectivity index (χ3v) is 2.97. The van der Waals surface area contributed by atoms with E-state index in [0.717, 1.165) is 0 Å². The summed E-state index contributed by atoms with van der Waals surface area (Å²) < 4.78 is 6.79. The fourth-order valence-electron chi connectivity index (χ4n) is 1.69. The summed E-state index contributed by atoms with van der Waals surface area (Å²) in [5.41, 5.74) is -0.204. The highest BCUT2D eigenvalue weighted by Gasteiger charge is 2.03. The van der Waals surface area contributed by atoms with Crippen LogP contribution in [0.2, 0.25) is 5.02 Å². The molecule has 1 amide bonds. The molecule has 0 atom stereocenters. The first-order valence-corrected chi connectivity index (χ1v) is 6.83. The first kappa shape index (κ1) is 15.1. The predicted molar refractivity (Wildman–Crippen MR) is 80.7 cm³/mol.